The second-order valence-electron chi connectivity index (χ2n) is 8.70. The first-order chi connectivity index (χ1) is 18.0. The summed E-state index contributed by atoms with van der Waals surface area (Å²) in [5, 5.41) is 1.36. The van der Waals surface area contributed by atoms with E-state index < -0.39 is 20.2 Å². The predicted octanol–water partition coefficient (Wildman–Crippen LogP) is 3.42. The molecule has 40 heavy (non-hydrogen) atoms. The van der Waals surface area contributed by atoms with Gasteiger partial charge in [-0.15, -0.1) is 11.6 Å². The molecule has 0 aliphatic heterocycles. The molecule has 0 saturated heterocycles. The molecule has 0 amide bonds. The van der Waals surface area contributed by atoms with E-state index in [1.807, 2.05) is 44.4 Å². The van der Waals surface area contributed by atoms with Crippen LogP contribution in [0.5, 0.6) is 5.75 Å². The number of alkyl halides is 3. The largest absolute Gasteiger partial charge is 1.00 e. The molecular formula is C28H20F3NNaO6S-. The number of hydrogen-bond donors (Lipinski definition) is 0. The number of rotatable bonds is 6. The maximum absolute atomic E-state index is 12.8. The Balaban J connectivity index is 0.00000220. The molecule has 0 fully saturated rings. The Hall–Kier alpha value is -3.22. The summed E-state index contributed by atoms with van der Waals surface area (Å²) in [5.41, 5.74) is -1.43. The molecule has 0 saturated carbocycles. The SMILES string of the molecule is Cc1c(-c2cc([C-]=O)c3c(OCc4ccc(S(=O)(=O)C(F)(F)F)cc4)ccc(C)c3n2)oc2ccccc12.[Na+].[OH-]. The van der Waals surface area contributed by atoms with E-state index in [1.165, 1.54) is 12.1 Å². The molecule has 0 radical (unpaired) electrons. The first-order valence-electron chi connectivity index (χ1n) is 11.4. The number of aromatic nitrogens is 1. The molecule has 0 aliphatic carbocycles. The van der Waals surface area contributed by atoms with E-state index in [1.54, 1.807) is 18.2 Å². The standard InChI is InChI=1S/C28H19F3NO5S.Na.H2O/c1-16-7-12-24(36-15-18-8-10-20(11-9-18)38(34,35)28(29,30)31)25-19(14-33)13-22(32-26(16)25)27-17(2)21-5-3-4-6-23(21)37-27;;/h3-13H,15H2,1-2H3;;1H2/q-1;+1;/p-1. The maximum atomic E-state index is 12.8. The number of ether oxygens (including phenoxy) is 1. The van der Waals surface area contributed by atoms with Crippen LogP contribution in [0, 0.1) is 13.8 Å². The third kappa shape index (κ3) is 5.52. The number of nitrogens with zero attached hydrogens (tertiary/aromatic N) is 1. The van der Waals surface area contributed by atoms with Crippen molar-refractivity contribution < 1.29 is 70.6 Å². The monoisotopic (exact) mass is 578 g/mol. The number of para-hydroxylation sites is 1. The number of fused-ring (bicyclic) bond motifs is 2. The van der Waals surface area contributed by atoms with Crippen LogP contribution in [0.25, 0.3) is 33.3 Å². The van der Waals surface area contributed by atoms with Gasteiger partial charge >= 0.3 is 35.1 Å². The molecule has 1 N–H and O–H groups in total. The van der Waals surface area contributed by atoms with E-state index in [-0.39, 0.29) is 47.2 Å². The van der Waals surface area contributed by atoms with Crippen LogP contribution in [0.3, 0.4) is 0 Å². The van der Waals surface area contributed by atoms with Gasteiger partial charge in [-0.05, 0) is 49.2 Å². The first kappa shape index (κ1) is 31.3. The Morgan fingerprint density at radius 1 is 1.00 bits per heavy atom. The molecule has 0 bridgehead atoms. The van der Waals surface area contributed by atoms with Gasteiger partial charge in [0.2, 0.25) is 0 Å². The summed E-state index contributed by atoms with van der Waals surface area (Å²) < 4.78 is 73.5. The Labute approximate surface area is 249 Å². The van der Waals surface area contributed by atoms with Crippen LogP contribution in [0.4, 0.5) is 13.2 Å². The fraction of sp³-hybridized carbons (Fsp3) is 0.143. The number of aryl methyl sites for hydroxylation is 2. The number of hydrogen-bond acceptors (Lipinski definition) is 7. The number of carbonyl (C=O) groups excluding carboxylic acids is 1. The summed E-state index contributed by atoms with van der Waals surface area (Å²) >= 11 is 0. The van der Waals surface area contributed by atoms with Gasteiger partial charge in [-0.25, -0.2) is 8.42 Å². The van der Waals surface area contributed by atoms with E-state index in [0.717, 1.165) is 28.6 Å². The zero-order valence-electron chi connectivity index (χ0n) is 21.5. The first-order valence-corrected chi connectivity index (χ1v) is 12.8. The number of pyridine rings is 1. The van der Waals surface area contributed by atoms with Crippen molar-refractivity contribution in [3.63, 3.8) is 0 Å². The van der Waals surface area contributed by atoms with Crippen molar-refractivity contribution >= 4 is 38.0 Å². The molecule has 7 nitrogen and oxygen atoms in total. The van der Waals surface area contributed by atoms with E-state index in [0.29, 0.717) is 39.3 Å². The van der Waals surface area contributed by atoms with Gasteiger partial charge in [-0.3, -0.25) is 4.98 Å². The van der Waals surface area contributed by atoms with Gasteiger partial charge < -0.3 is 19.4 Å². The summed E-state index contributed by atoms with van der Waals surface area (Å²) in [5.74, 6) is 0.848. The Morgan fingerprint density at radius 3 is 2.30 bits per heavy atom. The molecule has 0 atom stereocenters. The molecule has 2 aromatic heterocycles. The van der Waals surface area contributed by atoms with Crippen molar-refractivity contribution in [3.05, 3.63) is 89.0 Å². The summed E-state index contributed by atoms with van der Waals surface area (Å²) in [7, 11) is -5.44. The van der Waals surface area contributed by atoms with E-state index in [2.05, 4.69) is 0 Å². The normalized spacial score (nSPS) is 11.6. The van der Waals surface area contributed by atoms with Crippen LogP contribution in [0.1, 0.15) is 22.3 Å². The second kappa shape index (κ2) is 11.7. The Morgan fingerprint density at radius 2 is 1.68 bits per heavy atom. The van der Waals surface area contributed by atoms with Gasteiger partial charge in [-0.2, -0.15) is 13.2 Å². The molecule has 0 spiro atoms. The number of benzene rings is 3. The predicted molar refractivity (Wildman–Crippen MR) is 137 cm³/mol. The second-order valence-corrected chi connectivity index (χ2v) is 10.6. The molecule has 3 aromatic carbocycles. The van der Waals surface area contributed by atoms with Crippen molar-refractivity contribution in [2.45, 2.75) is 30.9 Å². The summed E-state index contributed by atoms with van der Waals surface area (Å²) in [6.07, 6.45) is 1.95. The van der Waals surface area contributed by atoms with E-state index in [9.17, 15) is 26.4 Å². The minimum absolute atomic E-state index is 0. The molecular weight excluding hydrogens is 558 g/mol. The number of sulfone groups is 1. The molecule has 5 rings (SSSR count). The van der Waals surface area contributed by atoms with Crippen molar-refractivity contribution in [1.29, 1.82) is 0 Å². The Kier molecular flexibility index (Phi) is 9.17. The quantitative estimate of drug-likeness (QED) is 0.224. The molecule has 2 heterocycles. The zero-order chi connectivity index (χ0) is 27.2. The molecule has 0 aliphatic rings. The van der Waals surface area contributed by atoms with Crippen molar-refractivity contribution in [2.24, 2.45) is 0 Å². The minimum Gasteiger partial charge on any atom is -0.870 e. The molecule has 12 heteroatoms. The molecule has 5 aromatic rings. The average Bonchev–Trinajstić information content (AvgIpc) is 3.24. The van der Waals surface area contributed by atoms with Gasteiger partial charge in [0.1, 0.15) is 18.0 Å². The Bertz CT molecular complexity index is 1820. The average molecular weight is 579 g/mol. The van der Waals surface area contributed by atoms with Crippen molar-refractivity contribution in [1.82, 2.24) is 4.98 Å². The van der Waals surface area contributed by atoms with Crippen molar-refractivity contribution in [2.75, 3.05) is 0 Å². The number of halogens is 3. The van der Waals surface area contributed by atoms with Gasteiger partial charge in [-0.1, -0.05) is 41.8 Å². The van der Waals surface area contributed by atoms with Gasteiger partial charge in [0.15, 0.2) is 0 Å². The minimum atomic E-state index is -5.44. The fourth-order valence-corrected chi connectivity index (χ4v) is 5.00. The van der Waals surface area contributed by atoms with Crippen LogP contribution in [0.2, 0.25) is 0 Å². The van der Waals surface area contributed by atoms with Crippen molar-refractivity contribution in [3.8, 4) is 17.2 Å². The molecule has 0 unspecified atom stereocenters. The van der Waals surface area contributed by atoms with Crippen LogP contribution in [0.15, 0.2) is 76.0 Å². The van der Waals surface area contributed by atoms with Gasteiger partial charge in [0, 0.05) is 16.5 Å². The smallest absolute Gasteiger partial charge is 0.870 e. The zero-order valence-corrected chi connectivity index (χ0v) is 24.4. The van der Waals surface area contributed by atoms with Gasteiger partial charge in [0.25, 0.3) is 9.84 Å². The van der Waals surface area contributed by atoms with Crippen LogP contribution < -0.4 is 34.3 Å². The van der Waals surface area contributed by atoms with Crippen LogP contribution in [-0.2, 0) is 21.2 Å². The van der Waals surface area contributed by atoms with Gasteiger partial charge in [0.05, 0.1) is 22.6 Å². The van der Waals surface area contributed by atoms with Crippen LogP contribution >= 0.6 is 0 Å². The molecule has 202 valence electrons. The topological polar surface area (TPSA) is 116 Å². The fourth-order valence-electron chi connectivity index (χ4n) is 4.24. The summed E-state index contributed by atoms with van der Waals surface area (Å²) in [6, 6.07) is 16.8. The number of furan rings is 1. The summed E-state index contributed by atoms with van der Waals surface area (Å²) in [6.45, 7) is 3.66. The maximum Gasteiger partial charge on any atom is 1.00 e. The summed E-state index contributed by atoms with van der Waals surface area (Å²) in [4.78, 5) is 15.9. The van der Waals surface area contributed by atoms with E-state index >= 15 is 0 Å². The third-order valence-corrected chi connectivity index (χ3v) is 7.75. The van der Waals surface area contributed by atoms with Crippen LogP contribution in [-0.4, -0.2) is 30.7 Å². The van der Waals surface area contributed by atoms with E-state index in [4.69, 9.17) is 14.1 Å². The third-order valence-electron chi connectivity index (χ3n) is 6.24.